The lowest BCUT2D eigenvalue weighted by Gasteiger charge is -2.11. The standard InChI is InChI=1S/C15H17NO2S/c1-10-11(2)19-14(16-10)9-8-13(15(17)18)12-6-4-3-5-7-12/h3-7,13H,8-9H2,1-2H3,(H,17,18). The van der Waals surface area contributed by atoms with Crippen molar-refractivity contribution in [3.8, 4) is 0 Å². The van der Waals surface area contributed by atoms with Crippen LogP contribution in [0.2, 0.25) is 0 Å². The highest BCUT2D eigenvalue weighted by atomic mass is 32.1. The Morgan fingerprint density at radius 3 is 2.53 bits per heavy atom. The second-order valence-electron chi connectivity index (χ2n) is 4.59. The van der Waals surface area contributed by atoms with Crippen molar-refractivity contribution in [1.82, 2.24) is 4.98 Å². The summed E-state index contributed by atoms with van der Waals surface area (Å²) in [7, 11) is 0. The first-order chi connectivity index (χ1) is 9.08. The molecule has 0 bridgehead atoms. The van der Waals surface area contributed by atoms with Crippen molar-refractivity contribution < 1.29 is 9.90 Å². The fourth-order valence-electron chi connectivity index (χ4n) is 2.03. The van der Waals surface area contributed by atoms with Gasteiger partial charge in [-0.25, -0.2) is 4.98 Å². The Morgan fingerprint density at radius 1 is 1.32 bits per heavy atom. The summed E-state index contributed by atoms with van der Waals surface area (Å²) in [5.74, 6) is -1.22. The zero-order chi connectivity index (χ0) is 13.8. The molecule has 0 fully saturated rings. The number of hydrogen-bond donors (Lipinski definition) is 1. The van der Waals surface area contributed by atoms with E-state index in [9.17, 15) is 9.90 Å². The molecule has 1 heterocycles. The van der Waals surface area contributed by atoms with E-state index >= 15 is 0 Å². The van der Waals surface area contributed by atoms with Crippen LogP contribution >= 0.6 is 11.3 Å². The molecule has 0 saturated carbocycles. The number of nitrogens with zero attached hydrogens (tertiary/aromatic N) is 1. The Balaban J connectivity index is 2.08. The van der Waals surface area contributed by atoms with E-state index in [2.05, 4.69) is 4.98 Å². The summed E-state index contributed by atoms with van der Waals surface area (Å²) < 4.78 is 0. The fourth-order valence-corrected chi connectivity index (χ4v) is 2.98. The molecule has 3 nitrogen and oxygen atoms in total. The largest absolute Gasteiger partial charge is 0.481 e. The van der Waals surface area contributed by atoms with Crippen LogP contribution < -0.4 is 0 Å². The molecule has 0 amide bonds. The molecular formula is C15H17NO2S. The van der Waals surface area contributed by atoms with Gasteiger partial charge in [-0.1, -0.05) is 30.3 Å². The minimum absolute atomic E-state index is 0.453. The number of carbonyl (C=O) groups is 1. The summed E-state index contributed by atoms with van der Waals surface area (Å²) in [5, 5.41) is 10.4. The first-order valence-corrected chi connectivity index (χ1v) is 7.10. The number of carboxylic acid groups (broad SMARTS) is 1. The summed E-state index contributed by atoms with van der Waals surface area (Å²) >= 11 is 1.66. The summed E-state index contributed by atoms with van der Waals surface area (Å²) in [6.07, 6.45) is 1.30. The van der Waals surface area contributed by atoms with Crippen LogP contribution in [0.1, 0.15) is 33.5 Å². The van der Waals surface area contributed by atoms with E-state index in [0.717, 1.165) is 16.3 Å². The van der Waals surface area contributed by atoms with E-state index < -0.39 is 11.9 Å². The van der Waals surface area contributed by atoms with Gasteiger partial charge < -0.3 is 5.11 Å². The average molecular weight is 275 g/mol. The van der Waals surface area contributed by atoms with Crippen molar-refractivity contribution in [3.63, 3.8) is 0 Å². The Hall–Kier alpha value is -1.68. The normalized spacial score (nSPS) is 12.3. The molecule has 1 unspecified atom stereocenters. The molecule has 19 heavy (non-hydrogen) atoms. The average Bonchev–Trinajstić information content (AvgIpc) is 2.70. The number of aromatic nitrogens is 1. The molecule has 0 aliphatic carbocycles. The number of carboxylic acids is 1. The summed E-state index contributed by atoms with van der Waals surface area (Å²) in [6.45, 7) is 4.03. The van der Waals surface area contributed by atoms with E-state index in [0.29, 0.717) is 12.8 Å². The van der Waals surface area contributed by atoms with Gasteiger partial charge in [0.1, 0.15) is 0 Å². The summed E-state index contributed by atoms with van der Waals surface area (Å²) in [4.78, 5) is 17.0. The number of hydrogen-bond acceptors (Lipinski definition) is 3. The zero-order valence-corrected chi connectivity index (χ0v) is 11.9. The lowest BCUT2D eigenvalue weighted by Crippen LogP contribution is -2.12. The van der Waals surface area contributed by atoms with Crippen LogP contribution in [0.15, 0.2) is 30.3 Å². The third-order valence-electron chi connectivity index (χ3n) is 3.22. The minimum Gasteiger partial charge on any atom is -0.481 e. The molecule has 1 aromatic heterocycles. The van der Waals surface area contributed by atoms with Crippen molar-refractivity contribution in [3.05, 3.63) is 51.5 Å². The van der Waals surface area contributed by atoms with Crippen molar-refractivity contribution in [2.24, 2.45) is 0 Å². The predicted octanol–water partition coefficient (Wildman–Crippen LogP) is 3.56. The van der Waals surface area contributed by atoms with Crippen LogP contribution in [0.5, 0.6) is 0 Å². The Kier molecular flexibility index (Phi) is 4.32. The number of aliphatic carboxylic acids is 1. The molecule has 1 N–H and O–H groups in total. The molecule has 0 aliphatic heterocycles. The molecule has 2 aromatic rings. The second-order valence-corrected chi connectivity index (χ2v) is 5.88. The fraction of sp³-hybridized carbons (Fsp3) is 0.333. The summed E-state index contributed by atoms with van der Waals surface area (Å²) in [6, 6.07) is 9.40. The number of benzene rings is 1. The predicted molar refractivity (Wildman–Crippen MR) is 76.7 cm³/mol. The van der Waals surface area contributed by atoms with Gasteiger partial charge in [0.25, 0.3) is 0 Å². The van der Waals surface area contributed by atoms with Gasteiger partial charge in [-0.3, -0.25) is 4.79 Å². The Bertz CT molecular complexity index is 543. The lowest BCUT2D eigenvalue weighted by atomic mass is 9.94. The van der Waals surface area contributed by atoms with Gasteiger partial charge in [-0.15, -0.1) is 11.3 Å². The van der Waals surface area contributed by atoms with Gasteiger partial charge in [-0.2, -0.15) is 0 Å². The number of rotatable bonds is 5. The van der Waals surface area contributed by atoms with Crippen molar-refractivity contribution >= 4 is 17.3 Å². The van der Waals surface area contributed by atoms with Gasteiger partial charge in [0.05, 0.1) is 16.6 Å². The molecule has 0 saturated heterocycles. The molecule has 0 spiro atoms. The van der Waals surface area contributed by atoms with E-state index in [1.54, 1.807) is 11.3 Å². The van der Waals surface area contributed by atoms with E-state index in [1.807, 2.05) is 44.2 Å². The third-order valence-corrected chi connectivity index (χ3v) is 4.35. The number of thiazole rings is 1. The third kappa shape index (κ3) is 3.41. The highest BCUT2D eigenvalue weighted by Gasteiger charge is 2.20. The van der Waals surface area contributed by atoms with Crippen LogP contribution in [0, 0.1) is 13.8 Å². The SMILES string of the molecule is Cc1nc(CCC(C(=O)O)c2ccccc2)sc1C. The first kappa shape index (κ1) is 13.7. The highest BCUT2D eigenvalue weighted by Crippen LogP contribution is 2.24. The molecule has 1 aromatic carbocycles. The maximum atomic E-state index is 11.4. The maximum Gasteiger partial charge on any atom is 0.310 e. The van der Waals surface area contributed by atoms with Crippen LogP contribution in [0.3, 0.4) is 0 Å². The van der Waals surface area contributed by atoms with Crippen molar-refractivity contribution in [2.75, 3.05) is 0 Å². The Morgan fingerprint density at radius 2 is 2.00 bits per heavy atom. The van der Waals surface area contributed by atoms with Gasteiger partial charge in [0, 0.05) is 11.3 Å². The molecule has 2 rings (SSSR count). The van der Waals surface area contributed by atoms with Gasteiger partial charge in [0.15, 0.2) is 0 Å². The van der Waals surface area contributed by atoms with Gasteiger partial charge >= 0.3 is 5.97 Å². The summed E-state index contributed by atoms with van der Waals surface area (Å²) in [5.41, 5.74) is 1.91. The lowest BCUT2D eigenvalue weighted by molar-refractivity contribution is -0.138. The van der Waals surface area contributed by atoms with Gasteiger partial charge in [0.2, 0.25) is 0 Å². The van der Waals surface area contributed by atoms with Gasteiger partial charge in [-0.05, 0) is 25.8 Å². The molecule has 100 valence electrons. The van der Waals surface area contributed by atoms with Crippen molar-refractivity contribution in [2.45, 2.75) is 32.6 Å². The monoisotopic (exact) mass is 275 g/mol. The first-order valence-electron chi connectivity index (χ1n) is 6.28. The smallest absolute Gasteiger partial charge is 0.310 e. The molecule has 0 radical (unpaired) electrons. The van der Waals surface area contributed by atoms with E-state index in [-0.39, 0.29) is 0 Å². The molecule has 0 aliphatic rings. The highest BCUT2D eigenvalue weighted by molar-refractivity contribution is 7.11. The molecule has 4 heteroatoms. The van der Waals surface area contributed by atoms with E-state index in [4.69, 9.17) is 0 Å². The van der Waals surface area contributed by atoms with Crippen LogP contribution in [-0.2, 0) is 11.2 Å². The quantitative estimate of drug-likeness (QED) is 0.907. The van der Waals surface area contributed by atoms with Crippen molar-refractivity contribution in [1.29, 1.82) is 0 Å². The van der Waals surface area contributed by atoms with Crippen LogP contribution in [0.4, 0.5) is 0 Å². The zero-order valence-electron chi connectivity index (χ0n) is 11.1. The maximum absolute atomic E-state index is 11.4. The second kappa shape index (κ2) is 5.97. The molecule has 1 atom stereocenters. The van der Waals surface area contributed by atoms with Crippen LogP contribution in [-0.4, -0.2) is 16.1 Å². The molecular weight excluding hydrogens is 258 g/mol. The minimum atomic E-state index is -0.767. The van der Waals surface area contributed by atoms with Crippen LogP contribution in [0.25, 0.3) is 0 Å². The number of aryl methyl sites for hydroxylation is 3. The topological polar surface area (TPSA) is 50.2 Å². The Labute approximate surface area is 116 Å². The van der Waals surface area contributed by atoms with E-state index in [1.165, 1.54) is 4.88 Å².